The van der Waals surface area contributed by atoms with E-state index in [1.807, 2.05) is 41.7 Å². The molecule has 0 fully saturated rings. The van der Waals surface area contributed by atoms with E-state index in [0.717, 1.165) is 55.8 Å². The van der Waals surface area contributed by atoms with Crippen LogP contribution in [0.2, 0.25) is 0 Å². The highest BCUT2D eigenvalue weighted by Crippen LogP contribution is 2.50. The molecule has 0 unspecified atom stereocenters. The topological polar surface area (TPSA) is 38.7 Å². The number of para-hydroxylation sites is 1. The standard InChI is InChI=1S/C57H41N3S/c1-5-7-15-35(6-2)54-44-29-28-42-46-32-39(27-31-52(46)61-55(42)53(44)43-19-12-14-21-49(43)58-54)36-22-24-37(25-23-36)50-34-51(60-56(59-50)38-16-9-8-10-17-38)40-26-30-48-45(33-40)41-18-11-13-20-47(41)57(48,3)4/h5-34H,1H2,2-4H3/b15-7-,35-6+. The van der Waals surface area contributed by atoms with Crippen LogP contribution >= 0.6 is 11.3 Å². The molecule has 1 aliphatic rings. The fraction of sp³-hybridized carbons (Fsp3) is 0.0702. The van der Waals surface area contributed by atoms with Crippen LogP contribution in [0.25, 0.3) is 104 Å². The Morgan fingerprint density at radius 3 is 2.07 bits per heavy atom. The van der Waals surface area contributed by atoms with Gasteiger partial charge in [-0.15, -0.1) is 11.3 Å². The predicted molar refractivity (Wildman–Crippen MR) is 260 cm³/mol. The van der Waals surface area contributed by atoms with E-state index in [1.54, 1.807) is 0 Å². The van der Waals surface area contributed by atoms with Crippen molar-refractivity contribution < 1.29 is 0 Å². The summed E-state index contributed by atoms with van der Waals surface area (Å²) in [5, 5.41) is 6.11. The van der Waals surface area contributed by atoms with Crippen molar-refractivity contribution >= 4 is 58.8 Å². The largest absolute Gasteiger partial charge is 0.247 e. The predicted octanol–water partition coefficient (Wildman–Crippen LogP) is 15.7. The number of thiophene rings is 1. The van der Waals surface area contributed by atoms with Crippen LogP contribution in [-0.4, -0.2) is 15.0 Å². The minimum absolute atomic E-state index is 0.0515. The molecule has 0 saturated carbocycles. The molecule has 10 aromatic rings. The number of hydrogen-bond donors (Lipinski definition) is 0. The van der Waals surface area contributed by atoms with Crippen LogP contribution < -0.4 is 0 Å². The van der Waals surface area contributed by atoms with Crippen molar-refractivity contribution in [2.24, 2.45) is 0 Å². The van der Waals surface area contributed by atoms with Crippen molar-refractivity contribution in [1.29, 1.82) is 0 Å². The second-order valence-corrected chi connectivity index (χ2v) is 17.4. The van der Waals surface area contributed by atoms with Gasteiger partial charge in [-0.05, 0) is 76.2 Å². The molecule has 0 N–H and O–H groups in total. The number of aromatic nitrogens is 3. The average Bonchev–Trinajstić information content (AvgIpc) is 3.80. The van der Waals surface area contributed by atoms with Gasteiger partial charge in [0, 0.05) is 58.4 Å². The molecule has 0 atom stereocenters. The van der Waals surface area contributed by atoms with Gasteiger partial charge in [0.1, 0.15) is 0 Å². The fourth-order valence-corrected chi connectivity index (χ4v) is 10.6. The Morgan fingerprint density at radius 1 is 0.557 bits per heavy atom. The lowest BCUT2D eigenvalue weighted by Crippen LogP contribution is -2.14. The van der Waals surface area contributed by atoms with Crippen LogP contribution in [0, 0.1) is 0 Å². The Morgan fingerprint density at radius 2 is 1.25 bits per heavy atom. The summed E-state index contributed by atoms with van der Waals surface area (Å²) in [5.41, 5.74) is 15.6. The van der Waals surface area contributed by atoms with Gasteiger partial charge in [-0.25, -0.2) is 15.0 Å². The molecular weight excluding hydrogens is 759 g/mol. The summed E-state index contributed by atoms with van der Waals surface area (Å²) in [6, 6.07) is 56.8. The summed E-state index contributed by atoms with van der Waals surface area (Å²) in [4.78, 5) is 15.5. The first-order chi connectivity index (χ1) is 29.9. The Hall–Kier alpha value is -7.27. The van der Waals surface area contributed by atoms with Crippen molar-refractivity contribution in [1.82, 2.24) is 15.0 Å². The molecule has 0 saturated heterocycles. The fourth-order valence-electron chi connectivity index (χ4n) is 9.32. The van der Waals surface area contributed by atoms with E-state index in [9.17, 15) is 0 Å². The summed E-state index contributed by atoms with van der Waals surface area (Å²) < 4.78 is 2.55. The van der Waals surface area contributed by atoms with Crippen molar-refractivity contribution in [3.05, 3.63) is 205 Å². The number of nitrogens with zero attached hydrogens (tertiary/aromatic N) is 3. The second-order valence-electron chi connectivity index (χ2n) is 16.3. The zero-order valence-electron chi connectivity index (χ0n) is 34.3. The van der Waals surface area contributed by atoms with E-state index in [4.69, 9.17) is 15.0 Å². The number of fused-ring (bicyclic) bond motifs is 10. The Balaban J connectivity index is 0.997. The maximum atomic E-state index is 5.18. The normalized spacial score (nSPS) is 13.4. The molecule has 0 amide bonds. The second kappa shape index (κ2) is 14.5. The third-order valence-corrected chi connectivity index (χ3v) is 13.7. The van der Waals surface area contributed by atoms with E-state index in [-0.39, 0.29) is 5.41 Å². The average molecular weight is 800 g/mol. The minimum atomic E-state index is -0.0515. The molecule has 0 radical (unpaired) electrons. The first-order valence-electron chi connectivity index (χ1n) is 20.8. The number of pyridine rings is 1. The molecule has 3 nitrogen and oxygen atoms in total. The number of rotatable bonds is 7. The molecule has 4 heteroatoms. The molecule has 3 aromatic heterocycles. The Kier molecular flexibility index (Phi) is 8.73. The first kappa shape index (κ1) is 36.8. The smallest absolute Gasteiger partial charge is 0.160 e. The first-order valence-corrected chi connectivity index (χ1v) is 21.6. The molecule has 0 bridgehead atoms. The zero-order chi connectivity index (χ0) is 41.2. The van der Waals surface area contributed by atoms with Crippen molar-refractivity contribution in [2.75, 3.05) is 0 Å². The van der Waals surface area contributed by atoms with Crippen LogP contribution in [0.1, 0.15) is 37.6 Å². The van der Waals surface area contributed by atoms with Gasteiger partial charge >= 0.3 is 0 Å². The van der Waals surface area contributed by atoms with E-state index in [2.05, 4.69) is 179 Å². The van der Waals surface area contributed by atoms with Crippen LogP contribution in [0.5, 0.6) is 0 Å². The van der Waals surface area contributed by atoms with Crippen molar-refractivity contribution in [3.8, 4) is 56.2 Å². The molecule has 0 aliphatic heterocycles. The summed E-state index contributed by atoms with van der Waals surface area (Å²) in [6.45, 7) is 10.6. The van der Waals surface area contributed by atoms with Gasteiger partial charge in [0.25, 0.3) is 0 Å². The lowest BCUT2D eigenvalue weighted by atomic mass is 9.82. The third-order valence-electron chi connectivity index (χ3n) is 12.4. The molecule has 290 valence electrons. The van der Waals surface area contributed by atoms with Gasteiger partial charge in [-0.2, -0.15) is 0 Å². The quantitative estimate of drug-likeness (QED) is 0.119. The highest BCUT2D eigenvalue weighted by molar-refractivity contribution is 7.26. The lowest BCUT2D eigenvalue weighted by molar-refractivity contribution is 0.660. The van der Waals surface area contributed by atoms with Gasteiger partial charge < -0.3 is 0 Å². The van der Waals surface area contributed by atoms with Gasteiger partial charge in [0.2, 0.25) is 0 Å². The van der Waals surface area contributed by atoms with Gasteiger partial charge in [0.05, 0.1) is 22.6 Å². The van der Waals surface area contributed by atoms with Gasteiger partial charge in [-0.1, -0.05) is 172 Å². The summed E-state index contributed by atoms with van der Waals surface area (Å²) >= 11 is 1.86. The van der Waals surface area contributed by atoms with E-state index in [0.29, 0.717) is 5.82 Å². The molecule has 1 aliphatic carbocycles. The van der Waals surface area contributed by atoms with E-state index in [1.165, 1.54) is 58.8 Å². The molecule has 61 heavy (non-hydrogen) atoms. The third kappa shape index (κ3) is 6.05. The summed E-state index contributed by atoms with van der Waals surface area (Å²) in [6.07, 6.45) is 8.01. The highest BCUT2D eigenvalue weighted by atomic mass is 32.1. The number of benzene rings is 7. The summed E-state index contributed by atoms with van der Waals surface area (Å²) in [7, 11) is 0. The Labute approximate surface area is 359 Å². The monoisotopic (exact) mass is 799 g/mol. The Bertz CT molecular complexity index is 3460. The van der Waals surface area contributed by atoms with Gasteiger partial charge in [-0.3, -0.25) is 0 Å². The van der Waals surface area contributed by atoms with E-state index >= 15 is 0 Å². The van der Waals surface area contributed by atoms with E-state index < -0.39 is 0 Å². The molecule has 0 spiro atoms. The maximum Gasteiger partial charge on any atom is 0.160 e. The molecule has 7 aromatic carbocycles. The van der Waals surface area contributed by atoms with Crippen molar-refractivity contribution in [3.63, 3.8) is 0 Å². The van der Waals surface area contributed by atoms with Crippen molar-refractivity contribution in [2.45, 2.75) is 26.2 Å². The highest BCUT2D eigenvalue weighted by Gasteiger charge is 2.35. The van der Waals surface area contributed by atoms with Gasteiger partial charge in [0.15, 0.2) is 5.82 Å². The van der Waals surface area contributed by atoms with Crippen LogP contribution in [0.3, 0.4) is 0 Å². The SMILES string of the molecule is C=C/C=C\C(=C/C)c1nc2ccccc2c2c1ccc1c3cc(-c4ccc(-c5cc(-c6ccc7c(c6)-c6ccccc6C7(C)C)nc(-c6ccccc6)n5)cc4)ccc3sc12. The molecule has 11 rings (SSSR count). The number of allylic oxidation sites excluding steroid dienone is 5. The molecule has 3 heterocycles. The van der Waals surface area contributed by atoms with Crippen LogP contribution in [0.15, 0.2) is 189 Å². The lowest BCUT2D eigenvalue weighted by Gasteiger charge is -2.21. The minimum Gasteiger partial charge on any atom is -0.247 e. The zero-order valence-corrected chi connectivity index (χ0v) is 35.1. The summed E-state index contributed by atoms with van der Waals surface area (Å²) in [5.74, 6) is 0.714. The van der Waals surface area contributed by atoms with Crippen LogP contribution in [-0.2, 0) is 5.41 Å². The van der Waals surface area contributed by atoms with Crippen LogP contribution in [0.4, 0.5) is 0 Å². The number of hydrogen-bond acceptors (Lipinski definition) is 4. The molecular formula is C57H41N3S. The maximum absolute atomic E-state index is 5.18.